The molecule has 1 aromatic heterocycles. The van der Waals surface area contributed by atoms with Crippen molar-refractivity contribution in [2.45, 2.75) is 58.9 Å². The van der Waals surface area contributed by atoms with E-state index in [0.29, 0.717) is 5.92 Å². The summed E-state index contributed by atoms with van der Waals surface area (Å²) in [7, 11) is 0. The number of anilines is 1. The van der Waals surface area contributed by atoms with Crippen LogP contribution >= 0.6 is 0 Å². The van der Waals surface area contributed by atoms with Crippen LogP contribution in [0.3, 0.4) is 0 Å². The molecule has 3 nitrogen and oxygen atoms in total. The molecular formula is C17H28N2O. The molecule has 1 saturated heterocycles. The number of aryl methyl sites for hydroxylation is 1. The van der Waals surface area contributed by atoms with E-state index < -0.39 is 0 Å². The number of hydrogen-bond donors (Lipinski definition) is 1. The minimum atomic E-state index is 0.137. The van der Waals surface area contributed by atoms with E-state index >= 15 is 0 Å². The van der Waals surface area contributed by atoms with E-state index in [9.17, 15) is 5.11 Å². The molecule has 0 aromatic carbocycles. The van der Waals surface area contributed by atoms with Crippen molar-refractivity contribution in [2.24, 2.45) is 5.92 Å². The van der Waals surface area contributed by atoms with Crippen molar-refractivity contribution in [3.8, 4) is 0 Å². The number of pyridine rings is 1. The highest BCUT2D eigenvalue weighted by Crippen LogP contribution is 2.34. The lowest BCUT2D eigenvalue weighted by Crippen LogP contribution is -2.33. The number of aliphatic hydroxyl groups is 1. The molecule has 1 aliphatic heterocycles. The average molecular weight is 276 g/mol. The Hall–Kier alpha value is -1.09. The van der Waals surface area contributed by atoms with Gasteiger partial charge in [-0.1, -0.05) is 33.8 Å². The maximum atomic E-state index is 9.48. The van der Waals surface area contributed by atoms with Crippen LogP contribution in [0.1, 0.15) is 51.7 Å². The van der Waals surface area contributed by atoms with Crippen LogP contribution in [0.2, 0.25) is 0 Å². The molecule has 1 aromatic rings. The average Bonchev–Trinajstić information content (AvgIpc) is 2.86. The second-order valence-electron chi connectivity index (χ2n) is 6.91. The first-order valence-corrected chi connectivity index (χ1v) is 7.72. The van der Waals surface area contributed by atoms with E-state index in [4.69, 9.17) is 4.98 Å². The van der Waals surface area contributed by atoms with E-state index in [1.54, 1.807) is 0 Å². The van der Waals surface area contributed by atoms with Crippen molar-refractivity contribution in [3.05, 3.63) is 23.4 Å². The number of hydrogen-bond acceptors (Lipinski definition) is 3. The van der Waals surface area contributed by atoms with E-state index in [-0.39, 0.29) is 18.1 Å². The summed E-state index contributed by atoms with van der Waals surface area (Å²) in [6, 6.07) is 2.51. The van der Waals surface area contributed by atoms with Gasteiger partial charge < -0.3 is 10.0 Å². The maximum absolute atomic E-state index is 9.48. The van der Waals surface area contributed by atoms with Gasteiger partial charge in [-0.3, -0.25) is 0 Å². The quantitative estimate of drug-likeness (QED) is 0.917. The molecule has 1 fully saturated rings. The van der Waals surface area contributed by atoms with Crippen molar-refractivity contribution < 1.29 is 5.11 Å². The summed E-state index contributed by atoms with van der Waals surface area (Å²) in [6.07, 6.45) is 4.23. The normalized spacial score (nSPS) is 19.9. The zero-order valence-electron chi connectivity index (χ0n) is 13.5. The first kappa shape index (κ1) is 15.3. The summed E-state index contributed by atoms with van der Waals surface area (Å²) < 4.78 is 0. The van der Waals surface area contributed by atoms with E-state index in [2.05, 4.69) is 45.6 Å². The highest BCUT2D eigenvalue weighted by molar-refractivity contribution is 5.50. The molecule has 1 atom stereocenters. The molecule has 0 radical (unpaired) electrons. The fourth-order valence-electron chi connectivity index (χ4n) is 2.86. The molecule has 0 saturated carbocycles. The summed E-state index contributed by atoms with van der Waals surface area (Å²) in [4.78, 5) is 6.99. The van der Waals surface area contributed by atoms with Gasteiger partial charge in [0.05, 0.1) is 12.6 Å². The van der Waals surface area contributed by atoms with Crippen LogP contribution in [-0.2, 0) is 5.41 Å². The maximum Gasteiger partial charge on any atom is 0.131 e. The fraction of sp³-hybridized carbons (Fsp3) is 0.706. The molecule has 1 N–H and O–H groups in total. The monoisotopic (exact) mass is 276 g/mol. The smallest absolute Gasteiger partial charge is 0.131 e. The van der Waals surface area contributed by atoms with Crippen LogP contribution in [0.25, 0.3) is 0 Å². The van der Waals surface area contributed by atoms with Gasteiger partial charge in [0.15, 0.2) is 0 Å². The standard InChI is InChI=1S/C17H28N2O/c1-12(2)17(4,5)14-9-13(3)16(18-10-14)19-8-6-7-15(19)11-20/h9-10,12,15,20H,6-8,11H2,1-5H3/t15-/m1/s1. The molecule has 0 amide bonds. The van der Waals surface area contributed by atoms with E-state index in [0.717, 1.165) is 25.2 Å². The zero-order valence-corrected chi connectivity index (χ0v) is 13.5. The molecule has 2 rings (SSSR count). The van der Waals surface area contributed by atoms with Crippen molar-refractivity contribution >= 4 is 5.82 Å². The van der Waals surface area contributed by atoms with Crippen molar-refractivity contribution in [1.82, 2.24) is 4.98 Å². The number of nitrogens with zero attached hydrogens (tertiary/aromatic N) is 2. The topological polar surface area (TPSA) is 36.4 Å². The Labute approximate surface area is 123 Å². The lowest BCUT2D eigenvalue weighted by Gasteiger charge is -2.31. The summed E-state index contributed by atoms with van der Waals surface area (Å²) >= 11 is 0. The van der Waals surface area contributed by atoms with Crippen molar-refractivity contribution in [3.63, 3.8) is 0 Å². The third-order valence-corrected chi connectivity index (χ3v) is 5.10. The Morgan fingerprint density at radius 1 is 1.45 bits per heavy atom. The van der Waals surface area contributed by atoms with Crippen LogP contribution in [0.4, 0.5) is 5.82 Å². The van der Waals surface area contributed by atoms with E-state index in [1.165, 1.54) is 11.1 Å². The van der Waals surface area contributed by atoms with Crippen LogP contribution in [0, 0.1) is 12.8 Å². The number of rotatable bonds is 4. The van der Waals surface area contributed by atoms with Gasteiger partial charge in [-0.15, -0.1) is 0 Å². The van der Waals surface area contributed by atoms with Gasteiger partial charge in [0.2, 0.25) is 0 Å². The van der Waals surface area contributed by atoms with Crippen LogP contribution in [-0.4, -0.2) is 29.3 Å². The molecule has 20 heavy (non-hydrogen) atoms. The molecule has 112 valence electrons. The zero-order chi connectivity index (χ0) is 14.9. The van der Waals surface area contributed by atoms with Gasteiger partial charge in [0.25, 0.3) is 0 Å². The Morgan fingerprint density at radius 3 is 2.70 bits per heavy atom. The Morgan fingerprint density at radius 2 is 2.15 bits per heavy atom. The molecule has 0 unspecified atom stereocenters. The Bertz CT molecular complexity index is 468. The first-order chi connectivity index (χ1) is 9.37. The van der Waals surface area contributed by atoms with Gasteiger partial charge >= 0.3 is 0 Å². The Kier molecular flexibility index (Phi) is 4.38. The highest BCUT2D eigenvalue weighted by Gasteiger charge is 2.29. The number of aliphatic hydroxyl groups excluding tert-OH is 1. The highest BCUT2D eigenvalue weighted by atomic mass is 16.3. The third-order valence-electron chi connectivity index (χ3n) is 5.10. The molecule has 2 heterocycles. The minimum absolute atomic E-state index is 0.137. The Balaban J connectivity index is 2.31. The van der Waals surface area contributed by atoms with Crippen molar-refractivity contribution in [2.75, 3.05) is 18.1 Å². The lowest BCUT2D eigenvalue weighted by atomic mass is 9.75. The summed E-state index contributed by atoms with van der Waals surface area (Å²) in [5.41, 5.74) is 2.66. The molecular weight excluding hydrogens is 248 g/mol. The van der Waals surface area contributed by atoms with Gasteiger partial charge in [-0.2, -0.15) is 0 Å². The van der Waals surface area contributed by atoms with E-state index in [1.807, 2.05) is 6.20 Å². The van der Waals surface area contributed by atoms with Crippen LogP contribution in [0.5, 0.6) is 0 Å². The second kappa shape index (κ2) is 5.72. The van der Waals surface area contributed by atoms with Gasteiger partial charge in [0.1, 0.15) is 5.82 Å². The van der Waals surface area contributed by atoms with Crippen LogP contribution in [0.15, 0.2) is 12.3 Å². The summed E-state index contributed by atoms with van der Waals surface area (Å²) in [5, 5.41) is 9.48. The predicted molar refractivity (Wildman–Crippen MR) is 84.3 cm³/mol. The second-order valence-corrected chi connectivity index (χ2v) is 6.91. The van der Waals surface area contributed by atoms with Gasteiger partial charge in [-0.05, 0) is 42.2 Å². The van der Waals surface area contributed by atoms with Gasteiger partial charge in [-0.25, -0.2) is 4.98 Å². The third kappa shape index (κ3) is 2.69. The van der Waals surface area contributed by atoms with Crippen molar-refractivity contribution in [1.29, 1.82) is 0 Å². The summed E-state index contributed by atoms with van der Waals surface area (Å²) in [5.74, 6) is 1.62. The van der Waals surface area contributed by atoms with Crippen LogP contribution < -0.4 is 4.90 Å². The molecule has 1 aliphatic rings. The molecule has 0 spiro atoms. The summed E-state index contributed by atoms with van der Waals surface area (Å²) in [6.45, 7) is 12.4. The number of aromatic nitrogens is 1. The first-order valence-electron chi connectivity index (χ1n) is 7.72. The SMILES string of the molecule is Cc1cc(C(C)(C)C(C)C)cnc1N1CCC[C@@H]1CO. The largest absolute Gasteiger partial charge is 0.394 e. The molecule has 3 heteroatoms. The molecule has 0 aliphatic carbocycles. The fourth-order valence-corrected chi connectivity index (χ4v) is 2.86. The van der Waals surface area contributed by atoms with Gasteiger partial charge in [0, 0.05) is 12.7 Å². The predicted octanol–water partition coefficient (Wildman–Crippen LogP) is 3.28. The molecule has 0 bridgehead atoms. The minimum Gasteiger partial charge on any atom is -0.394 e. The lowest BCUT2D eigenvalue weighted by molar-refractivity contribution is 0.266.